The van der Waals surface area contributed by atoms with Crippen LogP contribution in [-0.4, -0.2) is 22.9 Å². The van der Waals surface area contributed by atoms with E-state index in [0.29, 0.717) is 17.8 Å². The van der Waals surface area contributed by atoms with E-state index in [1.165, 1.54) is 5.32 Å². The lowest BCUT2D eigenvalue weighted by atomic mass is 10.1. The van der Waals surface area contributed by atoms with E-state index in [-0.39, 0.29) is 6.42 Å². The van der Waals surface area contributed by atoms with Gasteiger partial charge in [-0.2, -0.15) is 5.26 Å². The fourth-order valence-corrected chi connectivity index (χ4v) is 2.15. The molecule has 1 amide bonds. The standard InChI is InChI=1S/C17H16N4O3/c18-9-13-5-1-2-6-14(13)21-16(22)8-15(17(23)24)20-11-12-4-3-7-19-10-12/h1-7,10,15,20H,8,11H2,(H,21,22)(H,23,24)/t15-/m1/s1. The van der Waals surface area contributed by atoms with Crippen molar-refractivity contribution in [2.24, 2.45) is 0 Å². The first-order chi connectivity index (χ1) is 11.6. The molecule has 1 heterocycles. The summed E-state index contributed by atoms with van der Waals surface area (Å²) in [5, 5.41) is 24.3. The van der Waals surface area contributed by atoms with E-state index in [1.807, 2.05) is 12.1 Å². The lowest BCUT2D eigenvalue weighted by Crippen LogP contribution is -2.92. The number of hydrogen-bond donors (Lipinski definition) is 2. The maximum absolute atomic E-state index is 12.1. The van der Waals surface area contributed by atoms with Gasteiger partial charge in [-0.3, -0.25) is 9.78 Å². The van der Waals surface area contributed by atoms with E-state index in [2.05, 4.69) is 10.3 Å². The van der Waals surface area contributed by atoms with Crippen molar-refractivity contribution in [2.75, 3.05) is 5.32 Å². The zero-order valence-electron chi connectivity index (χ0n) is 12.8. The molecule has 0 aliphatic carbocycles. The molecule has 0 saturated carbocycles. The molecule has 0 bridgehead atoms. The minimum absolute atomic E-state index is 0.262. The van der Waals surface area contributed by atoms with Gasteiger partial charge in [-0.25, -0.2) is 0 Å². The molecule has 0 aliphatic rings. The molecule has 7 heteroatoms. The summed E-state index contributed by atoms with van der Waals surface area (Å²) in [5.41, 5.74) is 1.52. The van der Waals surface area contributed by atoms with Crippen molar-refractivity contribution in [1.29, 1.82) is 5.26 Å². The summed E-state index contributed by atoms with van der Waals surface area (Å²) in [5.74, 6) is -1.81. The number of rotatable bonds is 7. The van der Waals surface area contributed by atoms with Gasteiger partial charge in [0.2, 0.25) is 5.91 Å². The molecule has 24 heavy (non-hydrogen) atoms. The molecule has 0 spiro atoms. The van der Waals surface area contributed by atoms with Gasteiger partial charge in [-0.15, -0.1) is 0 Å². The third-order valence-electron chi connectivity index (χ3n) is 3.39. The zero-order chi connectivity index (χ0) is 17.4. The molecule has 122 valence electrons. The van der Waals surface area contributed by atoms with Gasteiger partial charge >= 0.3 is 0 Å². The van der Waals surface area contributed by atoms with Crippen molar-refractivity contribution in [3.8, 4) is 6.07 Å². The number of carbonyl (C=O) groups is 2. The minimum atomic E-state index is -1.32. The third kappa shape index (κ3) is 4.90. The van der Waals surface area contributed by atoms with E-state index in [1.54, 1.807) is 42.7 Å². The van der Waals surface area contributed by atoms with E-state index in [4.69, 9.17) is 5.26 Å². The number of nitrogens with one attached hydrogen (secondary N) is 1. The number of quaternary nitrogens is 1. The van der Waals surface area contributed by atoms with Gasteiger partial charge in [0, 0.05) is 18.0 Å². The van der Waals surface area contributed by atoms with Crippen LogP contribution in [0.5, 0.6) is 0 Å². The highest BCUT2D eigenvalue weighted by Gasteiger charge is 2.19. The summed E-state index contributed by atoms with van der Waals surface area (Å²) in [6.07, 6.45) is 2.99. The van der Waals surface area contributed by atoms with Crippen LogP contribution in [0.4, 0.5) is 5.69 Å². The van der Waals surface area contributed by atoms with Crippen molar-refractivity contribution < 1.29 is 20.0 Å². The first-order valence-corrected chi connectivity index (χ1v) is 7.32. The fraction of sp³-hybridized carbons (Fsp3) is 0.176. The zero-order valence-corrected chi connectivity index (χ0v) is 12.8. The number of carboxylic acid groups (broad SMARTS) is 1. The maximum Gasteiger partial charge on any atom is 0.230 e. The number of anilines is 1. The average Bonchev–Trinajstić information content (AvgIpc) is 2.59. The van der Waals surface area contributed by atoms with Crippen LogP contribution in [0.2, 0.25) is 0 Å². The topological polar surface area (TPSA) is 123 Å². The Kier molecular flexibility index (Phi) is 6.00. The van der Waals surface area contributed by atoms with Gasteiger partial charge < -0.3 is 20.5 Å². The normalized spacial score (nSPS) is 11.3. The highest BCUT2D eigenvalue weighted by Crippen LogP contribution is 2.13. The molecule has 0 aliphatic heterocycles. The van der Waals surface area contributed by atoms with Crippen molar-refractivity contribution in [3.05, 3.63) is 59.9 Å². The molecule has 2 aromatic rings. The van der Waals surface area contributed by atoms with Crippen molar-refractivity contribution in [2.45, 2.75) is 19.0 Å². The SMILES string of the molecule is N#Cc1ccccc1NC(=O)C[C@@H]([NH2+]Cc1cccnc1)C(=O)[O-]. The summed E-state index contributed by atoms with van der Waals surface area (Å²) >= 11 is 0. The van der Waals surface area contributed by atoms with Crippen LogP contribution in [0, 0.1) is 11.3 Å². The Hall–Kier alpha value is -3.24. The van der Waals surface area contributed by atoms with Gasteiger partial charge in [0.1, 0.15) is 18.7 Å². The van der Waals surface area contributed by atoms with E-state index in [9.17, 15) is 14.7 Å². The summed E-state index contributed by atoms with van der Waals surface area (Å²) < 4.78 is 0. The van der Waals surface area contributed by atoms with Crippen LogP contribution in [0.3, 0.4) is 0 Å². The van der Waals surface area contributed by atoms with Crippen LogP contribution in [-0.2, 0) is 16.1 Å². The number of para-hydroxylation sites is 1. The largest absolute Gasteiger partial charge is 0.544 e. The lowest BCUT2D eigenvalue weighted by Gasteiger charge is -2.16. The van der Waals surface area contributed by atoms with Crippen LogP contribution in [0.15, 0.2) is 48.8 Å². The van der Waals surface area contributed by atoms with Gasteiger partial charge in [-0.1, -0.05) is 18.2 Å². The highest BCUT2D eigenvalue weighted by atomic mass is 16.4. The highest BCUT2D eigenvalue weighted by molar-refractivity contribution is 5.94. The molecule has 1 aromatic heterocycles. The number of aromatic nitrogens is 1. The number of hydrogen-bond acceptors (Lipinski definition) is 5. The van der Waals surface area contributed by atoms with Crippen molar-refractivity contribution in [3.63, 3.8) is 0 Å². The third-order valence-corrected chi connectivity index (χ3v) is 3.39. The molecule has 1 aromatic carbocycles. The summed E-state index contributed by atoms with van der Waals surface area (Å²) in [6.45, 7) is 0.370. The molecule has 0 radical (unpaired) electrons. The second kappa shape index (κ2) is 8.41. The molecule has 1 atom stereocenters. The smallest absolute Gasteiger partial charge is 0.230 e. The number of amides is 1. The number of pyridine rings is 1. The van der Waals surface area contributed by atoms with Gasteiger partial charge in [0.05, 0.1) is 23.6 Å². The van der Waals surface area contributed by atoms with Gasteiger partial charge in [0.15, 0.2) is 0 Å². The van der Waals surface area contributed by atoms with Crippen LogP contribution in [0.1, 0.15) is 17.5 Å². The number of nitrogens with zero attached hydrogens (tertiary/aromatic N) is 2. The molecular formula is C17H16N4O3. The average molecular weight is 324 g/mol. The molecule has 7 nitrogen and oxygen atoms in total. The number of nitrogens with two attached hydrogens (primary N) is 1. The first-order valence-electron chi connectivity index (χ1n) is 7.32. The fourth-order valence-electron chi connectivity index (χ4n) is 2.15. The van der Waals surface area contributed by atoms with Crippen LogP contribution < -0.4 is 15.7 Å². The lowest BCUT2D eigenvalue weighted by molar-refractivity contribution is -0.697. The van der Waals surface area contributed by atoms with Gasteiger partial charge in [-0.05, 0) is 18.2 Å². The quantitative estimate of drug-likeness (QED) is 0.688. The Morgan fingerprint density at radius 3 is 2.75 bits per heavy atom. The Morgan fingerprint density at radius 2 is 2.08 bits per heavy atom. The van der Waals surface area contributed by atoms with Gasteiger partial charge in [0.25, 0.3) is 0 Å². The second-order valence-electron chi connectivity index (χ2n) is 5.14. The van der Waals surface area contributed by atoms with Crippen LogP contribution >= 0.6 is 0 Å². The Morgan fingerprint density at radius 1 is 1.29 bits per heavy atom. The number of nitriles is 1. The van der Waals surface area contributed by atoms with Crippen molar-refractivity contribution >= 4 is 17.6 Å². The Balaban J connectivity index is 1.96. The Bertz CT molecular complexity index is 756. The summed E-state index contributed by atoms with van der Waals surface area (Å²) in [4.78, 5) is 27.3. The minimum Gasteiger partial charge on any atom is -0.544 e. The second-order valence-corrected chi connectivity index (χ2v) is 5.14. The number of benzene rings is 1. The first kappa shape index (κ1) is 17.1. The number of carbonyl (C=O) groups excluding carboxylic acids is 2. The van der Waals surface area contributed by atoms with Crippen molar-refractivity contribution in [1.82, 2.24) is 4.98 Å². The van der Waals surface area contributed by atoms with E-state index < -0.39 is 17.9 Å². The predicted octanol–water partition coefficient (Wildman–Crippen LogP) is -0.836. The molecular weight excluding hydrogens is 308 g/mol. The van der Waals surface area contributed by atoms with Crippen LogP contribution in [0.25, 0.3) is 0 Å². The Labute approximate surface area is 139 Å². The van der Waals surface area contributed by atoms with E-state index >= 15 is 0 Å². The maximum atomic E-state index is 12.1. The monoisotopic (exact) mass is 324 g/mol. The molecule has 3 N–H and O–H groups in total. The van der Waals surface area contributed by atoms with E-state index in [0.717, 1.165) is 5.56 Å². The number of aliphatic carboxylic acids is 1. The molecule has 0 fully saturated rings. The molecule has 0 saturated heterocycles. The predicted molar refractivity (Wildman–Crippen MR) is 83.1 cm³/mol. The molecule has 2 rings (SSSR count). The molecule has 0 unspecified atom stereocenters. The number of carboxylic acids is 1. The summed E-state index contributed by atoms with van der Waals surface area (Å²) in [6, 6.07) is 11.0. The summed E-state index contributed by atoms with van der Waals surface area (Å²) in [7, 11) is 0.